The van der Waals surface area contributed by atoms with E-state index in [0.717, 1.165) is 11.1 Å². The molecule has 0 bridgehead atoms. The van der Waals surface area contributed by atoms with Gasteiger partial charge in [-0.3, -0.25) is 9.59 Å². The minimum Gasteiger partial charge on any atom is -0.494 e. The van der Waals surface area contributed by atoms with Crippen LogP contribution in [0.25, 0.3) is 10.9 Å². The number of fused-ring (bicyclic) bond motifs is 1. The minimum absolute atomic E-state index is 0.0940. The van der Waals surface area contributed by atoms with Gasteiger partial charge in [0.05, 0.1) is 37.3 Å². The van der Waals surface area contributed by atoms with E-state index in [1.165, 1.54) is 7.11 Å². The van der Waals surface area contributed by atoms with Crippen LogP contribution in [0.4, 0.5) is 0 Å². The highest BCUT2D eigenvalue weighted by molar-refractivity contribution is 6.10. The van der Waals surface area contributed by atoms with Crippen molar-refractivity contribution >= 4 is 16.7 Å². The predicted molar refractivity (Wildman–Crippen MR) is 133 cm³/mol. The summed E-state index contributed by atoms with van der Waals surface area (Å²) in [5, 5.41) is 0.391. The van der Waals surface area contributed by atoms with Gasteiger partial charge in [0.2, 0.25) is 5.43 Å². The monoisotopic (exact) mass is 457 g/mol. The second-order valence-corrected chi connectivity index (χ2v) is 8.00. The Morgan fingerprint density at radius 3 is 2.29 bits per heavy atom. The molecule has 0 radical (unpaired) electrons. The smallest absolute Gasteiger partial charge is 0.200 e. The number of hydrogen-bond acceptors (Lipinski definition) is 5. The number of carbonyl (C=O) groups excluding carboxylic acids is 1. The van der Waals surface area contributed by atoms with Crippen molar-refractivity contribution in [1.29, 1.82) is 0 Å². The molecule has 0 aliphatic carbocycles. The lowest BCUT2D eigenvalue weighted by molar-refractivity contribution is 0.103. The zero-order valence-electron chi connectivity index (χ0n) is 19.8. The molecule has 0 amide bonds. The third-order valence-electron chi connectivity index (χ3n) is 5.69. The number of rotatable bonds is 8. The number of ketones is 1. The van der Waals surface area contributed by atoms with Gasteiger partial charge >= 0.3 is 0 Å². The molecule has 3 aromatic carbocycles. The molecule has 0 spiro atoms. The van der Waals surface area contributed by atoms with Crippen molar-refractivity contribution in [1.82, 2.24) is 4.57 Å². The molecule has 0 atom stereocenters. The molecular formula is C28H27NO5. The van der Waals surface area contributed by atoms with Gasteiger partial charge in [-0.1, -0.05) is 29.8 Å². The fourth-order valence-electron chi connectivity index (χ4n) is 4.04. The average Bonchev–Trinajstić information content (AvgIpc) is 2.85. The average molecular weight is 458 g/mol. The van der Waals surface area contributed by atoms with Crippen molar-refractivity contribution in [2.24, 2.45) is 0 Å². The zero-order chi connectivity index (χ0) is 24.2. The maximum atomic E-state index is 13.5. The first-order valence-electron chi connectivity index (χ1n) is 11.1. The fourth-order valence-corrected chi connectivity index (χ4v) is 4.04. The number of ether oxygens (including phenoxy) is 3. The van der Waals surface area contributed by atoms with Crippen LogP contribution >= 0.6 is 0 Å². The largest absolute Gasteiger partial charge is 0.494 e. The third kappa shape index (κ3) is 4.53. The van der Waals surface area contributed by atoms with Crippen molar-refractivity contribution in [3.8, 4) is 17.2 Å². The molecule has 0 aliphatic heterocycles. The summed E-state index contributed by atoms with van der Waals surface area (Å²) in [4.78, 5) is 26.9. The van der Waals surface area contributed by atoms with E-state index >= 15 is 0 Å². The Bertz CT molecular complexity index is 1400. The number of methoxy groups -OCH3 is 2. The van der Waals surface area contributed by atoms with Crippen LogP contribution in [-0.4, -0.2) is 31.2 Å². The predicted octanol–water partition coefficient (Wildman–Crippen LogP) is 5.01. The number of hydrogen-bond donors (Lipinski definition) is 0. The van der Waals surface area contributed by atoms with Gasteiger partial charge in [0, 0.05) is 24.4 Å². The highest BCUT2D eigenvalue weighted by atomic mass is 16.5. The molecular weight excluding hydrogens is 430 g/mol. The van der Waals surface area contributed by atoms with Crippen LogP contribution in [-0.2, 0) is 6.54 Å². The summed E-state index contributed by atoms with van der Waals surface area (Å²) in [5.41, 5.74) is 3.01. The van der Waals surface area contributed by atoms with E-state index in [1.54, 1.807) is 49.7 Å². The maximum absolute atomic E-state index is 13.5. The summed E-state index contributed by atoms with van der Waals surface area (Å²) in [7, 11) is 3.07. The summed E-state index contributed by atoms with van der Waals surface area (Å²) in [5.74, 6) is 1.27. The molecule has 1 aromatic heterocycles. The van der Waals surface area contributed by atoms with E-state index in [0.29, 0.717) is 46.9 Å². The van der Waals surface area contributed by atoms with Crippen LogP contribution in [0.1, 0.15) is 34.0 Å². The molecule has 0 N–H and O–H groups in total. The highest BCUT2D eigenvalue weighted by Gasteiger charge is 2.20. The zero-order valence-corrected chi connectivity index (χ0v) is 19.8. The molecule has 0 fully saturated rings. The molecule has 0 aliphatic rings. The first-order chi connectivity index (χ1) is 16.4. The lowest BCUT2D eigenvalue weighted by Gasteiger charge is -2.16. The van der Waals surface area contributed by atoms with E-state index in [9.17, 15) is 9.59 Å². The maximum Gasteiger partial charge on any atom is 0.200 e. The van der Waals surface area contributed by atoms with Crippen molar-refractivity contribution < 1.29 is 19.0 Å². The van der Waals surface area contributed by atoms with Crippen molar-refractivity contribution in [2.75, 3.05) is 20.8 Å². The van der Waals surface area contributed by atoms with Gasteiger partial charge in [0.1, 0.15) is 5.75 Å². The molecule has 0 unspecified atom stereocenters. The summed E-state index contributed by atoms with van der Waals surface area (Å²) >= 11 is 0. The lowest BCUT2D eigenvalue weighted by atomic mass is 10.0. The van der Waals surface area contributed by atoms with Gasteiger partial charge in [0.15, 0.2) is 17.3 Å². The molecule has 6 heteroatoms. The normalized spacial score (nSPS) is 10.8. The molecule has 34 heavy (non-hydrogen) atoms. The molecule has 174 valence electrons. The van der Waals surface area contributed by atoms with Crippen molar-refractivity contribution in [2.45, 2.75) is 20.4 Å². The van der Waals surface area contributed by atoms with Crippen molar-refractivity contribution in [3.63, 3.8) is 0 Å². The Morgan fingerprint density at radius 1 is 0.941 bits per heavy atom. The third-order valence-corrected chi connectivity index (χ3v) is 5.69. The topological polar surface area (TPSA) is 66.8 Å². The number of carbonyl (C=O) groups is 1. The fraction of sp³-hybridized carbons (Fsp3) is 0.214. The van der Waals surface area contributed by atoms with Gasteiger partial charge in [-0.25, -0.2) is 0 Å². The number of nitrogens with zero attached hydrogens (tertiary/aromatic N) is 1. The highest BCUT2D eigenvalue weighted by Crippen LogP contribution is 2.31. The summed E-state index contributed by atoms with van der Waals surface area (Å²) < 4.78 is 18.3. The van der Waals surface area contributed by atoms with Crippen LogP contribution < -0.4 is 19.6 Å². The minimum atomic E-state index is -0.352. The SMILES string of the molecule is CCOc1ccc(C(=O)c2cn(Cc3cccc(C)c3)c3cc(OC)c(OC)cc3c2=O)cc1. The Hall–Kier alpha value is -4.06. The number of aromatic nitrogens is 1. The molecule has 0 saturated carbocycles. The van der Waals surface area contributed by atoms with Crippen LogP contribution in [0, 0.1) is 6.92 Å². The molecule has 1 heterocycles. The first-order valence-corrected chi connectivity index (χ1v) is 11.1. The van der Waals surface area contributed by atoms with E-state index in [-0.39, 0.29) is 16.8 Å². The number of pyridine rings is 1. The van der Waals surface area contributed by atoms with Gasteiger partial charge in [-0.15, -0.1) is 0 Å². The second-order valence-electron chi connectivity index (χ2n) is 8.00. The lowest BCUT2D eigenvalue weighted by Crippen LogP contribution is -2.20. The summed E-state index contributed by atoms with van der Waals surface area (Å²) in [6, 6.07) is 18.4. The van der Waals surface area contributed by atoms with Crippen LogP contribution in [0.3, 0.4) is 0 Å². The Morgan fingerprint density at radius 2 is 1.65 bits per heavy atom. The molecule has 0 saturated heterocycles. The summed E-state index contributed by atoms with van der Waals surface area (Å²) in [6.07, 6.45) is 1.64. The quantitative estimate of drug-likeness (QED) is 0.348. The summed E-state index contributed by atoms with van der Waals surface area (Å²) in [6.45, 7) is 4.94. The van der Waals surface area contributed by atoms with E-state index in [4.69, 9.17) is 14.2 Å². The van der Waals surface area contributed by atoms with E-state index in [2.05, 4.69) is 6.07 Å². The number of benzene rings is 3. The Kier molecular flexibility index (Phi) is 6.68. The van der Waals surface area contributed by atoms with Crippen LogP contribution in [0.5, 0.6) is 17.2 Å². The second kappa shape index (κ2) is 9.83. The van der Waals surface area contributed by atoms with Gasteiger partial charge in [0.25, 0.3) is 0 Å². The van der Waals surface area contributed by atoms with E-state index < -0.39 is 0 Å². The molecule has 4 aromatic rings. The Balaban J connectivity index is 1.90. The standard InChI is InChI=1S/C28H27NO5/c1-5-34-21-11-9-20(10-12-21)27(30)23-17-29(16-19-8-6-7-18(2)13-19)24-15-26(33-4)25(32-3)14-22(24)28(23)31/h6-15,17H,5,16H2,1-4H3. The first kappa shape index (κ1) is 23.1. The Labute approximate surface area is 198 Å². The van der Waals surface area contributed by atoms with Crippen molar-refractivity contribution in [3.05, 3.63) is 99.3 Å². The number of aryl methyl sites for hydroxylation is 1. The van der Waals surface area contributed by atoms with Gasteiger partial charge < -0.3 is 18.8 Å². The van der Waals surface area contributed by atoms with E-state index in [1.807, 2.05) is 36.6 Å². The van der Waals surface area contributed by atoms with Crippen LogP contribution in [0.2, 0.25) is 0 Å². The van der Waals surface area contributed by atoms with Crippen LogP contribution in [0.15, 0.2) is 71.7 Å². The van der Waals surface area contributed by atoms with Gasteiger partial charge in [-0.2, -0.15) is 0 Å². The van der Waals surface area contributed by atoms with Gasteiger partial charge in [-0.05, 0) is 49.7 Å². The molecule has 4 rings (SSSR count). The molecule has 6 nitrogen and oxygen atoms in total.